The van der Waals surface area contributed by atoms with Gasteiger partial charge in [0.05, 0.1) is 6.20 Å². The van der Waals surface area contributed by atoms with Crippen molar-refractivity contribution in [3.8, 4) is 10.6 Å². The van der Waals surface area contributed by atoms with Crippen LogP contribution in [0, 0.1) is 0 Å². The molecule has 0 saturated carbocycles. The molecule has 23 heavy (non-hydrogen) atoms. The third kappa shape index (κ3) is 3.29. The smallest absolute Gasteiger partial charge is 0.275 e. The number of aromatic nitrogens is 4. The van der Waals surface area contributed by atoms with Crippen LogP contribution < -0.4 is 5.49 Å². The molecule has 0 aromatic carbocycles. The lowest BCUT2D eigenvalue weighted by atomic mass is 10.3. The van der Waals surface area contributed by atoms with Gasteiger partial charge in [0.15, 0.2) is 0 Å². The van der Waals surface area contributed by atoms with Gasteiger partial charge >= 0.3 is 0 Å². The van der Waals surface area contributed by atoms with Crippen LogP contribution in [0.25, 0.3) is 10.6 Å². The van der Waals surface area contributed by atoms with Gasteiger partial charge in [-0.15, -0.1) is 11.3 Å². The van der Waals surface area contributed by atoms with E-state index in [1.54, 1.807) is 22.5 Å². The van der Waals surface area contributed by atoms with Crippen LogP contribution in [0.2, 0.25) is 0 Å². The van der Waals surface area contributed by atoms with Crippen molar-refractivity contribution in [3.05, 3.63) is 53.4 Å². The molecule has 0 unspecified atom stereocenters. The topological polar surface area (TPSA) is 65.1 Å². The number of thiazole rings is 1. The van der Waals surface area contributed by atoms with Gasteiger partial charge in [0.2, 0.25) is 0 Å². The standard InChI is InChI=1S/C16H17N5OS/c1-11(2)18-14-6-4-5-7-21(14)16(22)13-10-23-15(19-13)12-8-17-20(3)9-12/h4-11H,1-3H3. The Kier molecular flexibility index (Phi) is 4.20. The number of pyridine rings is 1. The Morgan fingerprint density at radius 2 is 2.17 bits per heavy atom. The van der Waals surface area contributed by atoms with Gasteiger partial charge in [0, 0.05) is 36.4 Å². The summed E-state index contributed by atoms with van der Waals surface area (Å²) in [4.78, 5) is 21.6. The van der Waals surface area contributed by atoms with Crippen LogP contribution in [0.3, 0.4) is 0 Å². The summed E-state index contributed by atoms with van der Waals surface area (Å²) in [5, 5.41) is 6.68. The van der Waals surface area contributed by atoms with E-state index in [-0.39, 0.29) is 11.9 Å². The van der Waals surface area contributed by atoms with E-state index in [0.717, 1.165) is 10.6 Å². The van der Waals surface area contributed by atoms with Gasteiger partial charge in [-0.25, -0.2) is 4.98 Å². The second-order valence-corrected chi connectivity index (χ2v) is 6.26. The van der Waals surface area contributed by atoms with Crippen molar-refractivity contribution in [1.29, 1.82) is 0 Å². The number of carbonyl (C=O) groups is 1. The predicted octanol–water partition coefficient (Wildman–Crippen LogP) is 2.34. The highest BCUT2D eigenvalue weighted by Crippen LogP contribution is 2.23. The van der Waals surface area contributed by atoms with Crippen molar-refractivity contribution in [2.75, 3.05) is 0 Å². The summed E-state index contributed by atoms with van der Waals surface area (Å²) in [5.74, 6) is -0.184. The first kappa shape index (κ1) is 15.4. The van der Waals surface area contributed by atoms with Crippen LogP contribution in [0.15, 0.2) is 47.2 Å². The first-order valence-electron chi connectivity index (χ1n) is 7.25. The summed E-state index contributed by atoms with van der Waals surface area (Å²) >= 11 is 1.43. The number of rotatable bonds is 3. The van der Waals surface area contributed by atoms with E-state index in [9.17, 15) is 4.79 Å². The van der Waals surface area contributed by atoms with Gasteiger partial charge in [0.1, 0.15) is 16.2 Å². The Morgan fingerprint density at radius 3 is 2.87 bits per heavy atom. The highest BCUT2D eigenvalue weighted by molar-refractivity contribution is 7.13. The lowest BCUT2D eigenvalue weighted by Gasteiger charge is -2.05. The molecule has 0 aliphatic carbocycles. The van der Waals surface area contributed by atoms with Crippen LogP contribution in [-0.2, 0) is 7.05 Å². The molecular formula is C16H17N5OS. The van der Waals surface area contributed by atoms with E-state index >= 15 is 0 Å². The lowest BCUT2D eigenvalue weighted by Crippen LogP contribution is -2.28. The molecule has 3 aromatic rings. The summed E-state index contributed by atoms with van der Waals surface area (Å²) in [6.45, 7) is 3.95. The molecule has 6 nitrogen and oxygen atoms in total. The van der Waals surface area contributed by atoms with E-state index in [1.807, 2.05) is 45.3 Å². The van der Waals surface area contributed by atoms with Gasteiger partial charge < -0.3 is 0 Å². The fraction of sp³-hybridized carbons (Fsp3) is 0.250. The van der Waals surface area contributed by atoms with Gasteiger partial charge in [-0.05, 0) is 26.0 Å². The zero-order valence-corrected chi connectivity index (χ0v) is 14.0. The fourth-order valence-electron chi connectivity index (χ4n) is 2.14. The Bertz CT molecular complexity index is 903. The van der Waals surface area contributed by atoms with Crippen molar-refractivity contribution in [2.24, 2.45) is 12.0 Å². The van der Waals surface area contributed by atoms with Crippen LogP contribution in [0.4, 0.5) is 0 Å². The maximum atomic E-state index is 12.7. The van der Waals surface area contributed by atoms with Crippen LogP contribution >= 0.6 is 11.3 Å². The quantitative estimate of drug-likeness (QED) is 0.741. The minimum absolute atomic E-state index is 0.109. The SMILES string of the molecule is CC(C)N=c1ccccn1C(=O)c1csc(-c2cnn(C)c2)n1. The van der Waals surface area contributed by atoms with Crippen LogP contribution in [0.1, 0.15) is 24.3 Å². The largest absolute Gasteiger partial charge is 0.283 e. The van der Waals surface area contributed by atoms with Gasteiger partial charge in [0.25, 0.3) is 5.91 Å². The average Bonchev–Trinajstić information content (AvgIpc) is 3.15. The molecule has 3 heterocycles. The maximum Gasteiger partial charge on any atom is 0.283 e. The van der Waals surface area contributed by atoms with Crippen molar-refractivity contribution >= 4 is 17.2 Å². The number of aryl methyl sites for hydroxylation is 1. The highest BCUT2D eigenvalue weighted by atomic mass is 32.1. The van der Waals surface area contributed by atoms with Crippen LogP contribution in [0.5, 0.6) is 0 Å². The number of carbonyl (C=O) groups excluding carboxylic acids is 1. The van der Waals surface area contributed by atoms with E-state index in [0.29, 0.717) is 11.2 Å². The summed E-state index contributed by atoms with van der Waals surface area (Å²) < 4.78 is 3.24. The van der Waals surface area contributed by atoms with Crippen molar-refractivity contribution < 1.29 is 4.79 Å². The Labute approximate surface area is 137 Å². The van der Waals surface area contributed by atoms with Gasteiger partial charge in [-0.1, -0.05) is 6.07 Å². The van der Waals surface area contributed by atoms with E-state index < -0.39 is 0 Å². The number of nitrogens with zero attached hydrogens (tertiary/aromatic N) is 5. The molecular weight excluding hydrogens is 310 g/mol. The van der Waals surface area contributed by atoms with Crippen molar-refractivity contribution in [3.63, 3.8) is 0 Å². The molecule has 0 saturated heterocycles. The van der Waals surface area contributed by atoms with Gasteiger partial charge in [-0.2, -0.15) is 5.10 Å². The monoisotopic (exact) mass is 327 g/mol. The summed E-state index contributed by atoms with van der Waals surface area (Å²) in [5.41, 5.74) is 1.94. The normalized spacial score (nSPS) is 12.1. The third-order valence-corrected chi connectivity index (χ3v) is 4.01. The molecule has 3 aromatic heterocycles. The zero-order chi connectivity index (χ0) is 16.4. The molecule has 0 atom stereocenters. The molecule has 0 fully saturated rings. The minimum Gasteiger partial charge on any atom is -0.275 e. The Hall–Kier alpha value is -2.54. The molecule has 0 aliphatic rings. The molecule has 0 bridgehead atoms. The summed E-state index contributed by atoms with van der Waals surface area (Å²) in [6, 6.07) is 5.61. The molecule has 0 amide bonds. The first-order valence-corrected chi connectivity index (χ1v) is 8.13. The highest BCUT2D eigenvalue weighted by Gasteiger charge is 2.15. The number of hydrogen-bond acceptors (Lipinski definition) is 5. The molecule has 118 valence electrons. The van der Waals surface area contributed by atoms with E-state index in [2.05, 4.69) is 15.1 Å². The Morgan fingerprint density at radius 1 is 1.35 bits per heavy atom. The minimum atomic E-state index is -0.184. The maximum absolute atomic E-state index is 12.7. The molecule has 0 radical (unpaired) electrons. The lowest BCUT2D eigenvalue weighted by molar-refractivity contribution is 0.0950. The molecule has 0 N–H and O–H groups in total. The summed E-state index contributed by atoms with van der Waals surface area (Å²) in [7, 11) is 1.85. The predicted molar refractivity (Wildman–Crippen MR) is 89.2 cm³/mol. The molecule has 3 rings (SSSR count). The van der Waals surface area contributed by atoms with E-state index in [4.69, 9.17) is 0 Å². The number of hydrogen-bond donors (Lipinski definition) is 0. The average molecular weight is 327 g/mol. The van der Waals surface area contributed by atoms with Gasteiger partial charge in [-0.3, -0.25) is 19.0 Å². The first-order chi connectivity index (χ1) is 11.0. The molecule has 0 aliphatic heterocycles. The van der Waals surface area contributed by atoms with E-state index in [1.165, 1.54) is 15.9 Å². The van der Waals surface area contributed by atoms with Crippen molar-refractivity contribution in [1.82, 2.24) is 19.3 Å². The van der Waals surface area contributed by atoms with Crippen LogP contribution in [-0.4, -0.2) is 31.3 Å². The summed E-state index contributed by atoms with van der Waals surface area (Å²) in [6.07, 6.45) is 5.33. The Balaban J connectivity index is 1.98. The second kappa shape index (κ2) is 6.29. The molecule has 7 heteroatoms. The third-order valence-electron chi connectivity index (χ3n) is 3.12. The van der Waals surface area contributed by atoms with Crippen molar-refractivity contribution in [2.45, 2.75) is 19.9 Å². The second-order valence-electron chi connectivity index (χ2n) is 5.40. The zero-order valence-electron chi connectivity index (χ0n) is 13.2. The molecule has 0 spiro atoms. The fourth-order valence-corrected chi connectivity index (χ4v) is 2.90.